The molecule has 1 aromatic carbocycles. The summed E-state index contributed by atoms with van der Waals surface area (Å²) in [6.45, 7) is 5.50. The van der Waals surface area contributed by atoms with Crippen molar-refractivity contribution >= 4 is 16.9 Å². The number of para-hydroxylation sites is 1. The van der Waals surface area contributed by atoms with Crippen LogP contribution in [0.1, 0.15) is 34.5 Å². The predicted octanol–water partition coefficient (Wildman–Crippen LogP) is 3.55. The second-order valence-electron chi connectivity index (χ2n) is 6.59. The van der Waals surface area contributed by atoms with E-state index in [0.717, 1.165) is 48.0 Å². The summed E-state index contributed by atoms with van der Waals surface area (Å²) in [5.74, 6) is 0.467. The maximum absolute atomic E-state index is 13.0. The number of likely N-dealkylation sites (tertiary alicyclic amines) is 1. The fourth-order valence-electron chi connectivity index (χ4n) is 3.58. The molecule has 3 aromatic rings. The molecule has 3 heterocycles. The highest BCUT2D eigenvalue weighted by Gasteiger charge is 2.32. The minimum absolute atomic E-state index is 0.00456. The van der Waals surface area contributed by atoms with Gasteiger partial charge in [-0.1, -0.05) is 18.2 Å². The van der Waals surface area contributed by atoms with E-state index in [1.54, 1.807) is 0 Å². The van der Waals surface area contributed by atoms with Gasteiger partial charge < -0.3 is 9.32 Å². The molecular weight excluding hydrogens is 302 g/mol. The van der Waals surface area contributed by atoms with E-state index in [0.29, 0.717) is 5.76 Å². The van der Waals surface area contributed by atoms with Crippen LogP contribution in [0.2, 0.25) is 0 Å². The van der Waals surface area contributed by atoms with Crippen molar-refractivity contribution in [2.75, 3.05) is 6.54 Å². The molecule has 1 saturated heterocycles. The van der Waals surface area contributed by atoms with Crippen LogP contribution in [0.15, 0.2) is 41.1 Å². The second kappa shape index (κ2) is 5.82. The lowest BCUT2D eigenvalue weighted by Crippen LogP contribution is -2.38. The number of furan rings is 1. The summed E-state index contributed by atoms with van der Waals surface area (Å²) in [6, 6.07) is 7.98. The molecule has 1 aliphatic rings. The Morgan fingerprint density at radius 1 is 1.33 bits per heavy atom. The third-order valence-electron chi connectivity index (χ3n) is 4.84. The van der Waals surface area contributed by atoms with E-state index in [4.69, 9.17) is 4.42 Å². The zero-order chi connectivity index (χ0) is 16.7. The smallest absolute Gasteiger partial charge is 0.290 e. The van der Waals surface area contributed by atoms with Crippen molar-refractivity contribution in [2.24, 2.45) is 0 Å². The third-order valence-corrected chi connectivity index (χ3v) is 4.84. The molecule has 4 rings (SSSR count). The van der Waals surface area contributed by atoms with Crippen molar-refractivity contribution in [1.29, 1.82) is 0 Å². The molecule has 1 atom stereocenters. The summed E-state index contributed by atoms with van der Waals surface area (Å²) in [6.07, 6.45) is 5.90. The maximum Gasteiger partial charge on any atom is 0.290 e. The molecule has 0 bridgehead atoms. The van der Waals surface area contributed by atoms with Crippen molar-refractivity contribution < 1.29 is 9.21 Å². The van der Waals surface area contributed by atoms with Gasteiger partial charge in [0.05, 0.1) is 18.8 Å². The van der Waals surface area contributed by atoms with Gasteiger partial charge in [-0.05, 0) is 38.3 Å². The van der Waals surface area contributed by atoms with E-state index in [1.807, 2.05) is 60.1 Å². The number of carbonyl (C=O) groups is 1. The van der Waals surface area contributed by atoms with Crippen molar-refractivity contribution in [1.82, 2.24) is 14.7 Å². The number of amides is 1. The van der Waals surface area contributed by atoms with E-state index in [9.17, 15) is 4.79 Å². The van der Waals surface area contributed by atoms with Crippen LogP contribution in [0, 0.1) is 13.8 Å². The molecule has 2 aromatic heterocycles. The Hall–Kier alpha value is -2.56. The number of benzene rings is 1. The molecule has 1 amide bonds. The van der Waals surface area contributed by atoms with Crippen molar-refractivity contribution in [2.45, 2.75) is 39.3 Å². The molecule has 24 heavy (non-hydrogen) atoms. The number of hydrogen-bond acceptors (Lipinski definition) is 3. The quantitative estimate of drug-likeness (QED) is 0.740. The van der Waals surface area contributed by atoms with Gasteiger partial charge in [0.2, 0.25) is 0 Å². The Balaban J connectivity index is 1.61. The van der Waals surface area contributed by atoms with Crippen LogP contribution in [0.4, 0.5) is 0 Å². The van der Waals surface area contributed by atoms with E-state index in [2.05, 4.69) is 5.10 Å². The van der Waals surface area contributed by atoms with Gasteiger partial charge in [0.25, 0.3) is 5.91 Å². The number of fused-ring (bicyclic) bond motifs is 1. The maximum atomic E-state index is 13.0. The zero-order valence-electron chi connectivity index (χ0n) is 14.0. The molecule has 0 spiro atoms. The van der Waals surface area contributed by atoms with Gasteiger partial charge in [0, 0.05) is 23.7 Å². The fourth-order valence-corrected chi connectivity index (χ4v) is 3.58. The van der Waals surface area contributed by atoms with Crippen molar-refractivity contribution in [3.8, 4) is 0 Å². The Bertz CT molecular complexity index is 893. The van der Waals surface area contributed by atoms with Gasteiger partial charge in [-0.2, -0.15) is 5.10 Å². The van der Waals surface area contributed by atoms with Crippen LogP contribution in [0.25, 0.3) is 11.0 Å². The Morgan fingerprint density at radius 3 is 2.92 bits per heavy atom. The van der Waals surface area contributed by atoms with Crippen LogP contribution < -0.4 is 0 Å². The first kappa shape index (κ1) is 15.0. The third kappa shape index (κ3) is 2.50. The number of rotatable bonds is 3. The van der Waals surface area contributed by atoms with Crippen LogP contribution in [-0.2, 0) is 6.54 Å². The average molecular weight is 323 g/mol. The first-order valence-electron chi connectivity index (χ1n) is 8.41. The zero-order valence-corrected chi connectivity index (χ0v) is 14.0. The summed E-state index contributed by atoms with van der Waals surface area (Å²) in [5.41, 5.74) is 2.84. The molecule has 0 saturated carbocycles. The number of carbonyl (C=O) groups excluding carboxylic acids is 1. The molecule has 0 aliphatic carbocycles. The summed E-state index contributed by atoms with van der Waals surface area (Å²) < 4.78 is 7.79. The lowest BCUT2D eigenvalue weighted by Gasteiger charge is -2.24. The molecule has 124 valence electrons. The fraction of sp³-hybridized carbons (Fsp3) is 0.368. The van der Waals surface area contributed by atoms with Gasteiger partial charge in [-0.15, -0.1) is 0 Å². The van der Waals surface area contributed by atoms with E-state index in [-0.39, 0.29) is 11.9 Å². The van der Waals surface area contributed by atoms with Gasteiger partial charge in [-0.25, -0.2) is 0 Å². The Kier molecular flexibility index (Phi) is 3.63. The number of hydrogen-bond donors (Lipinski definition) is 0. The van der Waals surface area contributed by atoms with Crippen LogP contribution >= 0.6 is 0 Å². The first-order valence-corrected chi connectivity index (χ1v) is 8.41. The molecule has 1 aliphatic heterocycles. The molecular formula is C19H21N3O2. The minimum Gasteiger partial charge on any atom is -0.451 e. The highest BCUT2D eigenvalue weighted by molar-refractivity contribution is 5.99. The standard InChI is InChI=1S/C19H21N3O2/c1-13-10-20-21(11-13)12-15-6-5-9-22(15)19(23)18-14(2)16-7-3-4-8-17(16)24-18/h3-4,7-8,10-11,15H,5-6,9,12H2,1-2H3/t15-/m1/s1. The molecule has 5 nitrogen and oxygen atoms in total. The number of aryl methyl sites for hydroxylation is 2. The summed E-state index contributed by atoms with van der Waals surface area (Å²) >= 11 is 0. The summed E-state index contributed by atoms with van der Waals surface area (Å²) in [7, 11) is 0. The monoisotopic (exact) mass is 323 g/mol. The van der Waals surface area contributed by atoms with Crippen LogP contribution in [-0.4, -0.2) is 33.2 Å². The molecule has 1 fully saturated rings. The average Bonchev–Trinajstić information content (AvgIpc) is 3.28. The van der Waals surface area contributed by atoms with E-state index >= 15 is 0 Å². The van der Waals surface area contributed by atoms with Crippen molar-refractivity contribution in [3.05, 3.63) is 53.5 Å². The van der Waals surface area contributed by atoms with Crippen LogP contribution in [0.3, 0.4) is 0 Å². The second-order valence-corrected chi connectivity index (χ2v) is 6.59. The predicted molar refractivity (Wildman–Crippen MR) is 92.0 cm³/mol. The molecule has 0 N–H and O–H groups in total. The summed E-state index contributed by atoms with van der Waals surface area (Å²) in [5, 5.41) is 5.37. The molecule has 0 radical (unpaired) electrons. The number of nitrogens with zero attached hydrogens (tertiary/aromatic N) is 3. The van der Waals surface area contributed by atoms with Crippen molar-refractivity contribution in [3.63, 3.8) is 0 Å². The van der Waals surface area contributed by atoms with Gasteiger partial charge in [0.1, 0.15) is 5.58 Å². The van der Waals surface area contributed by atoms with Gasteiger partial charge in [-0.3, -0.25) is 9.48 Å². The van der Waals surface area contributed by atoms with Crippen LogP contribution in [0.5, 0.6) is 0 Å². The Labute approximate surface area is 140 Å². The highest BCUT2D eigenvalue weighted by atomic mass is 16.3. The minimum atomic E-state index is -0.00456. The lowest BCUT2D eigenvalue weighted by molar-refractivity contribution is 0.0690. The lowest BCUT2D eigenvalue weighted by atomic mass is 10.1. The molecule has 0 unspecified atom stereocenters. The SMILES string of the molecule is Cc1cnn(C[C@H]2CCCN2C(=O)c2oc3ccccc3c2C)c1. The molecule has 5 heteroatoms. The topological polar surface area (TPSA) is 51.3 Å². The number of aromatic nitrogens is 2. The highest BCUT2D eigenvalue weighted by Crippen LogP contribution is 2.28. The largest absolute Gasteiger partial charge is 0.451 e. The van der Waals surface area contributed by atoms with E-state index in [1.165, 1.54) is 0 Å². The van der Waals surface area contributed by atoms with Gasteiger partial charge in [0.15, 0.2) is 5.76 Å². The van der Waals surface area contributed by atoms with E-state index < -0.39 is 0 Å². The summed E-state index contributed by atoms with van der Waals surface area (Å²) in [4.78, 5) is 15.0. The first-order chi connectivity index (χ1) is 11.6. The normalized spacial score (nSPS) is 17.8. The van der Waals surface area contributed by atoms with Gasteiger partial charge >= 0.3 is 0 Å². The Morgan fingerprint density at radius 2 is 2.17 bits per heavy atom.